The second-order valence-electron chi connectivity index (χ2n) is 9.06. The van der Waals surface area contributed by atoms with Gasteiger partial charge >= 0.3 is 5.97 Å². The smallest absolute Gasteiger partial charge is 0.343 e. The normalized spacial score (nSPS) is 11.8. The average molecular weight is 570 g/mol. The summed E-state index contributed by atoms with van der Waals surface area (Å²) < 4.78 is 17.4. The summed E-state index contributed by atoms with van der Waals surface area (Å²) in [5, 5.41) is 0. The van der Waals surface area contributed by atoms with Crippen molar-refractivity contribution in [2.24, 2.45) is 0 Å². The minimum absolute atomic E-state index is 0.110. The molecule has 0 unspecified atom stereocenters. The Balaban J connectivity index is 1.79. The van der Waals surface area contributed by atoms with Crippen LogP contribution in [0.15, 0.2) is 72.8 Å². The summed E-state index contributed by atoms with van der Waals surface area (Å²) in [6, 6.07) is 22.8. The molecule has 0 aliphatic heterocycles. The largest absolute Gasteiger partial charge is 0.489 e. The van der Waals surface area contributed by atoms with Crippen LogP contribution in [0.5, 0.6) is 11.5 Å². The van der Waals surface area contributed by atoms with Gasteiger partial charge in [0.2, 0.25) is 0 Å². The van der Waals surface area contributed by atoms with Gasteiger partial charge in [0, 0.05) is 3.57 Å². The van der Waals surface area contributed by atoms with Gasteiger partial charge in [-0.05, 0) is 99.2 Å². The van der Waals surface area contributed by atoms with Crippen LogP contribution in [0.25, 0.3) is 5.57 Å². The summed E-state index contributed by atoms with van der Waals surface area (Å²) in [6.45, 7) is 8.89. The molecule has 178 valence electrons. The zero-order valence-electron chi connectivity index (χ0n) is 20.4. The molecule has 0 aliphatic carbocycles. The van der Waals surface area contributed by atoms with Gasteiger partial charge in [0.1, 0.15) is 18.1 Å². The molecule has 0 saturated carbocycles. The van der Waals surface area contributed by atoms with Crippen LogP contribution in [-0.4, -0.2) is 26.3 Å². The monoisotopic (exact) mass is 570 g/mol. The lowest BCUT2D eigenvalue weighted by Gasteiger charge is -2.19. The molecule has 0 saturated heterocycles. The van der Waals surface area contributed by atoms with Gasteiger partial charge in [-0.2, -0.15) is 0 Å². The molecule has 0 aromatic heterocycles. The van der Waals surface area contributed by atoms with E-state index in [1.807, 2.05) is 25.1 Å². The zero-order valence-corrected chi connectivity index (χ0v) is 22.5. The van der Waals surface area contributed by atoms with E-state index in [4.69, 9.17) is 9.47 Å². The number of benzene rings is 3. The van der Waals surface area contributed by atoms with Crippen molar-refractivity contribution < 1.29 is 19.0 Å². The van der Waals surface area contributed by atoms with Gasteiger partial charge in [-0.15, -0.1) is 0 Å². The molecule has 3 aromatic carbocycles. The van der Waals surface area contributed by atoms with E-state index in [9.17, 15) is 4.79 Å². The Hall–Kier alpha value is -2.80. The van der Waals surface area contributed by atoms with E-state index >= 15 is 0 Å². The Kier molecular flexibility index (Phi) is 8.78. The topological polar surface area (TPSA) is 44.8 Å². The minimum Gasteiger partial charge on any atom is -0.489 e. The van der Waals surface area contributed by atoms with Gasteiger partial charge in [0.15, 0.2) is 6.61 Å². The fourth-order valence-corrected chi connectivity index (χ4v) is 3.83. The van der Waals surface area contributed by atoms with Crippen molar-refractivity contribution in [2.75, 3.05) is 20.3 Å². The summed E-state index contributed by atoms with van der Waals surface area (Å²) >= 11 is 2.32. The Morgan fingerprint density at radius 2 is 1.53 bits per heavy atom. The van der Waals surface area contributed by atoms with E-state index in [1.54, 1.807) is 0 Å². The molecule has 3 rings (SSSR count). The Bertz CT molecular complexity index is 1140. The number of esters is 1. The van der Waals surface area contributed by atoms with Gasteiger partial charge in [0.05, 0.1) is 7.11 Å². The van der Waals surface area contributed by atoms with E-state index in [0.717, 1.165) is 28.0 Å². The third-order valence-electron chi connectivity index (χ3n) is 5.47. The van der Waals surface area contributed by atoms with E-state index in [1.165, 1.54) is 16.2 Å². The van der Waals surface area contributed by atoms with Crippen LogP contribution < -0.4 is 9.47 Å². The number of rotatable bonds is 8. The van der Waals surface area contributed by atoms with Crippen LogP contribution in [0.4, 0.5) is 0 Å². The van der Waals surface area contributed by atoms with Crippen LogP contribution in [-0.2, 0) is 14.9 Å². The summed E-state index contributed by atoms with van der Waals surface area (Å²) in [4.78, 5) is 11.3. The molecule has 0 aliphatic rings. The van der Waals surface area contributed by atoms with E-state index in [-0.39, 0.29) is 12.0 Å². The van der Waals surface area contributed by atoms with Crippen molar-refractivity contribution in [3.8, 4) is 11.5 Å². The van der Waals surface area contributed by atoms with Gasteiger partial charge in [-0.3, -0.25) is 0 Å². The van der Waals surface area contributed by atoms with Crippen molar-refractivity contribution in [1.29, 1.82) is 0 Å². The average Bonchev–Trinajstić information content (AvgIpc) is 2.81. The van der Waals surface area contributed by atoms with Crippen LogP contribution in [0, 0.1) is 10.5 Å². The first kappa shape index (κ1) is 25.8. The lowest BCUT2D eigenvalue weighted by Crippen LogP contribution is -2.13. The van der Waals surface area contributed by atoms with Gasteiger partial charge in [0.25, 0.3) is 0 Å². The lowest BCUT2D eigenvalue weighted by molar-refractivity contribution is -0.142. The van der Waals surface area contributed by atoms with Crippen LogP contribution in [0.1, 0.15) is 43.0 Å². The number of carbonyl (C=O) groups is 1. The van der Waals surface area contributed by atoms with E-state index in [2.05, 4.69) is 103 Å². The first-order valence-electron chi connectivity index (χ1n) is 11.2. The molecule has 0 bridgehead atoms. The first-order valence-corrected chi connectivity index (χ1v) is 12.3. The van der Waals surface area contributed by atoms with Gasteiger partial charge in [-0.1, -0.05) is 57.2 Å². The van der Waals surface area contributed by atoms with Crippen molar-refractivity contribution in [1.82, 2.24) is 0 Å². The highest BCUT2D eigenvalue weighted by atomic mass is 127. The number of ether oxygens (including phenoxy) is 3. The summed E-state index contributed by atoms with van der Waals surface area (Å²) in [5.41, 5.74) is 5.74. The molecule has 3 aromatic rings. The first-order chi connectivity index (χ1) is 16.2. The lowest BCUT2D eigenvalue weighted by atomic mass is 9.85. The van der Waals surface area contributed by atoms with E-state index in [0.29, 0.717) is 12.4 Å². The third kappa shape index (κ3) is 7.10. The maximum Gasteiger partial charge on any atom is 0.343 e. The molecule has 0 N–H and O–H groups in total. The second-order valence-corrected chi connectivity index (χ2v) is 10.3. The Morgan fingerprint density at radius 1 is 0.912 bits per heavy atom. The number of halogens is 1. The molecule has 0 atom stereocenters. The third-order valence-corrected chi connectivity index (χ3v) is 6.19. The van der Waals surface area contributed by atoms with Crippen molar-refractivity contribution in [3.05, 3.63) is 98.6 Å². The van der Waals surface area contributed by atoms with Crippen LogP contribution in [0.2, 0.25) is 0 Å². The summed E-state index contributed by atoms with van der Waals surface area (Å²) in [7, 11) is 1.34. The molecule has 0 radical (unpaired) electrons. The van der Waals surface area contributed by atoms with Crippen LogP contribution >= 0.6 is 22.6 Å². The molecule has 0 fully saturated rings. The quantitative estimate of drug-likeness (QED) is 0.217. The fourth-order valence-electron chi connectivity index (χ4n) is 3.47. The summed E-state index contributed by atoms with van der Waals surface area (Å²) in [6.07, 6.45) is 2.12. The maximum absolute atomic E-state index is 11.3. The number of aryl methyl sites for hydroxylation is 1. The highest BCUT2D eigenvalue weighted by Gasteiger charge is 2.14. The summed E-state index contributed by atoms with van der Waals surface area (Å²) in [5.74, 6) is 0.958. The molecule has 0 heterocycles. The molecule has 4 nitrogen and oxygen atoms in total. The second kappa shape index (κ2) is 11.6. The SMILES string of the molecule is COC(=O)COc1ccc(OC/C=C(\c2ccc(I)cc2)c2ccc(C(C)(C)C)cc2)cc1C. The van der Waals surface area contributed by atoms with E-state index < -0.39 is 5.97 Å². The number of hydrogen-bond acceptors (Lipinski definition) is 4. The predicted octanol–water partition coefficient (Wildman–Crippen LogP) is 6.96. The van der Waals surface area contributed by atoms with Gasteiger partial charge in [-0.25, -0.2) is 4.79 Å². The van der Waals surface area contributed by atoms with Crippen LogP contribution in [0.3, 0.4) is 0 Å². The van der Waals surface area contributed by atoms with Crippen molar-refractivity contribution in [3.63, 3.8) is 0 Å². The molecule has 0 spiro atoms. The number of methoxy groups -OCH3 is 1. The highest BCUT2D eigenvalue weighted by Crippen LogP contribution is 2.29. The maximum atomic E-state index is 11.3. The Labute approximate surface area is 216 Å². The number of hydrogen-bond donors (Lipinski definition) is 0. The van der Waals surface area contributed by atoms with Crippen molar-refractivity contribution >= 4 is 34.1 Å². The predicted molar refractivity (Wildman–Crippen MR) is 146 cm³/mol. The van der Waals surface area contributed by atoms with Crippen molar-refractivity contribution in [2.45, 2.75) is 33.1 Å². The molecular weight excluding hydrogens is 539 g/mol. The molecule has 34 heavy (non-hydrogen) atoms. The molecular formula is C29H31IO4. The molecule has 0 amide bonds. The molecule has 5 heteroatoms. The zero-order chi connectivity index (χ0) is 24.7. The standard InChI is InChI=1S/C29H31IO4/c1-20-18-25(14-15-27(20)34-19-28(31)32-5)33-17-16-26(22-8-12-24(30)13-9-22)21-6-10-23(11-7-21)29(2,3)4/h6-16,18H,17,19H2,1-5H3/b26-16-. The number of carbonyl (C=O) groups excluding carboxylic acids is 1. The Morgan fingerprint density at radius 3 is 2.09 bits per heavy atom. The fraction of sp³-hybridized carbons (Fsp3) is 0.276. The minimum atomic E-state index is -0.413. The van der Waals surface area contributed by atoms with Gasteiger partial charge < -0.3 is 14.2 Å². The highest BCUT2D eigenvalue weighted by molar-refractivity contribution is 14.1.